The van der Waals surface area contributed by atoms with Gasteiger partial charge in [-0.25, -0.2) is 4.79 Å². The van der Waals surface area contributed by atoms with Crippen molar-refractivity contribution in [3.63, 3.8) is 0 Å². The van der Waals surface area contributed by atoms with Crippen molar-refractivity contribution in [3.05, 3.63) is 31.4 Å². The zero-order valence-corrected chi connectivity index (χ0v) is 14.0. The molecule has 6 nitrogen and oxygen atoms in total. The topological polar surface area (TPSA) is 72.7 Å². The van der Waals surface area contributed by atoms with Crippen molar-refractivity contribution in [1.29, 1.82) is 0 Å². The Morgan fingerprint density at radius 2 is 2.10 bits per heavy atom. The summed E-state index contributed by atoms with van der Waals surface area (Å²) in [5.74, 6) is 0. The van der Waals surface area contributed by atoms with E-state index in [1.807, 2.05) is 6.92 Å². The van der Waals surface area contributed by atoms with Crippen LogP contribution >= 0.6 is 27.3 Å². The second-order valence-electron chi connectivity index (χ2n) is 4.39. The monoisotopic (exact) mass is 357 g/mol. The first kappa shape index (κ1) is 15.1. The molecular formula is C12H16BrN5OS. The lowest BCUT2D eigenvalue weighted by Gasteiger charge is -2.10. The number of halogens is 1. The van der Waals surface area contributed by atoms with E-state index in [4.69, 9.17) is 0 Å². The third-order valence-corrected chi connectivity index (χ3v) is 4.83. The Balaban J connectivity index is 2.24. The number of rotatable bonds is 5. The van der Waals surface area contributed by atoms with Crippen LogP contribution in [0.2, 0.25) is 0 Å². The molecule has 0 radical (unpaired) electrons. The molecule has 8 heteroatoms. The lowest BCUT2D eigenvalue weighted by molar-refractivity contribution is 0.680. The molecule has 0 unspecified atom stereocenters. The van der Waals surface area contributed by atoms with Crippen molar-refractivity contribution in [2.24, 2.45) is 0 Å². The van der Waals surface area contributed by atoms with Crippen LogP contribution in [0.3, 0.4) is 0 Å². The summed E-state index contributed by atoms with van der Waals surface area (Å²) in [6.07, 6.45) is 1.03. The molecule has 0 saturated carbocycles. The highest BCUT2D eigenvalue weighted by Gasteiger charge is 2.12. The van der Waals surface area contributed by atoms with E-state index in [2.05, 4.69) is 43.4 Å². The Kier molecular flexibility index (Phi) is 4.87. The molecule has 2 rings (SSSR count). The third kappa shape index (κ3) is 3.24. The van der Waals surface area contributed by atoms with Crippen molar-refractivity contribution in [1.82, 2.24) is 19.7 Å². The van der Waals surface area contributed by atoms with Gasteiger partial charge in [0.1, 0.15) is 5.01 Å². The lowest BCUT2D eigenvalue weighted by atomic mass is 10.3. The van der Waals surface area contributed by atoms with E-state index in [9.17, 15) is 4.79 Å². The minimum Gasteiger partial charge on any atom is -0.360 e. The van der Waals surface area contributed by atoms with Gasteiger partial charge in [0.2, 0.25) is 5.13 Å². The fourth-order valence-electron chi connectivity index (χ4n) is 1.72. The largest absolute Gasteiger partial charge is 0.360 e. The van der Waals surface area contributed by atoms with Crippen LogP contribution in [0, 0.1) is 13.8 Å². The molecule has 2 aromatic rings. The Hall–Kier alpha value is -1.28. The van der Waals surface area contributed by atoms with Gasteiger partial charge in [-0.1, -0.05) is 18.3 Å². The molecule has 0 bridgehead atoms. The highest BCUT2D eigenvalue weighted by atomic mass is 79.9. The Labute approximate surface area is 129 Å². The maximum atomic E-state index is 12.0. The Morgan fingerprint density at radius 1 is 1.35 bits per heavy atom. The van der Waals surface area contributed by atoms with Crippen LogP contribution in [0.4, 0.5) is 5.13 Å². The summed E-state index contributed by atoms with van der Waals surface area (Å²) >= 11 is 4.91. The standard InChI is InChI=1S/C12H16BrN5OS/c1-4-5-14-11-17-16-9(20-11)6-18-8(3)10(13)7(2)15-12(18)19/h4-6H2,1-3H3,(H,14,17). The highest BCUT2D eigenvalue weighted by Crippen LogP contribution is 2.20. The number of aromatic nitrogens is 4. The summed E-state index contributed by atoms with van der Waals surface area (Å²) in [7, 11) is 0. The first-order valence-corrected chi connectivity index (χ1v) is 7.93. The lowest BCUT2D eigenvalue weighted by Crippen LogP contribution is -2.26. The van der Waals surface area contributed by atoms with Gasteiger partial charge in [0, 0.05) is 12.2 Å². The van der Waals surface area contributed by atoms with Crippen molar-refractivity contribution in [2.75, 3.05) is 11.9 Å². The van der Waals surface area contributed by atoms with Gasteiger partial charge in [-0.3, -0.25) is 4.57 Å². The maximum Gasteiger partial charge on any atom is 0.348 e. The second-order valence-corrected chi connectivity index (χ2v) is 6.25. The number of aryl methyl sites for hydroxylation is 1. The summed E-state index contributed by atoms with van der Waals surface area (Å²) in [5, 5.41) is 12.9. The maximum absolute atomic E-state index is 12.0. The van der Waals surface area contributed by atoms with Crippen LogP contribution in [0.15, 0.2) is 9.27 Å². The van der Waals surface area contributed by atoms with Gasteiger partial charge in [0.25, 0.3) is 0 Å². The summed E-state index contributed by atoms with van der Waals surface area (Å²) in [6.45, 7) is 7.04. The normalized spacial score (nSPS) is 10.8. The van der Waals surface area contributed by atoms with Crippen molar-refractivity contribution < 1.29 is 0 Å². The van der Waals surface area contributed by atoms with Crippen LogP contribution in [0.25, 0.3) is 0 Å². The van der Waals surface area contributed by atoms with Crippen LogP contribution in [0.5, 0.6) is 0 Å². The molecule has 108 valence electrons. The Morgan fingerprint density at radius 3 is 2.80 bits per heavy atom. The molecule has 0 aromatic carbocycles. The average molecular weight is 358 g/mol. The number of hydrogen-bond acceptors (Lipinski definition) is 6. The molecule has 0 aliphatic carbocycles. The number of hydrogen-bond donors (Lipinski definition) is 1. The quantitative estimate of drug-likeness (QED) is 0.888. The molecular weight excluding hydrogens is 342 g/mol. The summed E-state index contributed by atoms with van der Waals surface area (Å²) in [5.41, 5.74) is 1.29. The number of nitrogens with one attached hydrogen (secondary N) is 1. The molecule has 0 amide bonds. The first-order valence-electron chi connectivity index (χ1n) is 6.32. The molecule has 0 aliphatic rings. The summed E-state index contributed by atoms with van der Waals surface area (Å²) in [6, 6.07) is 0. The predicted octanol–water partition coefficient (Wildman–Crippen LogP) is 2.34. The second kappa shape index (κ2) is 6.45. The molecule has 0 saturated heterocycles. The Bertz CT molecular complexity index is 666. The molecule has 0 spiro atoms. The summed E-state index contributed by atoms with van der Waals surface area (Å²) in [4.78, 5) is 16.0. The van der Waals surface area contributed by atoms with Crippen LogP contribution < -0.4 is 11.0 Å². The zero-order valence-electron chi connectivity index (χ0n) is 11.6. The number of nitrogens with zero attached hydrogens (tertiary/aromatic N) is 4. The molecule has 0 fully saturated rings. The summed E-state index contributed by atoms with van der Waals surface area (Å²) < 4.78 is 2.45. The van der Waals surface area contributed by atoms with Crippen LogP contribution in [-0.4, -0.2) is 26.3 Å². The molecule has 2 aromatic heterocycles. The molecule has 1 N–H and O–H groups in total. The van der Waals surface area contributed by atoms with Gasteiger partial charge >= 0.3 is 5.69 Å². The van der Waals surface area contributed by atoms with Gasteiger partial charge in [0.05, 0.1) is 16.7 Å². The third-order valence-electron chi connectivity index (χ3n) is 2.82. The molecule has 2 heterocycles. The average Bonchev–Trinajstić information content (AvgIpc) is 2.86. The van der Waals surface area contributed by atoms with E-state index >= 15 is 0 Å². The predicted molar refractivity (Wildman–Crippen MR) is 83.5 cm³/mol. The molecule has 0 atom stereocenters. The van der Waals surface area contributed by atoms with E-state index in [1.165, 1.54) is 11.3 Å². The van der Waals surface area contributed by atoms with Crippen molar-refractivity contribution >= 4 is 32.4 Å². The molecule has 20 heavy (non-hydrogen) atoms. The highest BCUT2D eigenvalue weighted by molar-refractivity contribution is 9.10. The van der Waals surface area contributed by atoms with Crippen LogP contribution in [-0.2, 0) is 6.54 Å². The van der Waals surface area contributed by atoms with E-state index in [0.717, 1.165) is 33.3 Å². The van der Waals surface area contributed by atoms with Gasteiger partial charge in [-0.2, -0.15) is 4.98 Å². The van der Waals surface area contributed by atoms with E-state index in [-0.39, 0.29) is 5.69 Å². The van der Waals surface area contributed by atoms with Gasteiger partial charge in [-0.05, 0) is 36.2 Å². The minimum atomic E-state index is -0.263. The van der Waals surface area contributed by atoms with Gasteiger partial charge in [-0.15, -0.1) is 10.2 Å². The SMILES string of the molecule is CCCNc1nnc(Cn2c(C)c(Br)c(C)nc2=O)s1. The smallest absolute Gasteiger partial charge is 0.348 e. The molecule has 0 aliphatic heterocycles. The van der Waals surface area contributed by atoms with Crippen molar-refractivity contribution in [2.45, 2.75) is 33.7 Å². The fraction of sp³-hybridized carbons (Fsp3) is 0.500. The zero-order chi connectivity index (χ0) is 14.7. The fourth-order valence-corrected chi connectivity index (χ4v) is 2.78. The minimum absolute atomic E-state index is 0.263. The van der Waals surface area contributed by atoms with Crippen molar-refractivity contribution in [3.8, 4) is 0 Å². The van der Waals surface area contributed by atoms with E-state index in [1.54, 1.807) is 11.5 Å². The van der Waals surface area contributed by atoms with Gasteiger partial charge < -0.3 is 5.32 Å². The first-order chi connectivity index (χ1) is 9.52. The van der Waals surface area contributed by atoms with Gasteiger partial charge in [0.15, 0.2) is 0 Å². The van der Waals surface area contributed by atoms with E-state index in [0.29, 0.717) is 12.2 Å². The van der Waals surface area contributed by atoms with Crippen LogP contribution in [0.1, 0.15) is 29.7 Å². The van der Waals surface area contributed by atoms with E-state index < -0.39 is 0 Å². The number of anilines is 1.